The van der Waals surface area contributed by atoms with Gasteiger partial charge in [-0.05, 0) is 86.7 Å². The maximum atomic E-state index is 13.1. The highest BCUT2D eigenvalue weighted by Crippen LogP contribution is 2.29. The minimum absolute atomic E-state index is 0.228. The van der Waals surface area contributed by atoms with Crippen LogP contribution in [0.1, 0.15) is 27.8 Å². The largest absolute Gasteiger partial charge is 0.369 e. The fraction of sp³-hybridized carbons (Fsp3) is 0.478. The van der Waals surface area contributed by atoms with Gasteiger partial charge in [-0.3, -0.25) is 4.90 Å². The molecule has 1 saturated heterocycles. The molecule has 0 atom stereocenters. The number of hydrogen-bond donors (Lipinski definition) is 1. The highest BCUT2D eigenvalue weighted by Gasteiger charge is 2.24. The van der Waals surface area contributed by atoms with Crippen molar-refractivity contribution in [2.24, 2.45) is 0 Å². The number of halogens is 1. The maximum Gasteiger partial charge on any atom is 0.241 e. The van der Waals surface area contributed by atoms with Gasteiger partial charge < -0.3 is 4.90 Å². The van der Waals surface area contributed by atoms with Crippen LogP contribution in [0.5, 0.6) is 0 Å². The first kappa shape index (κ1) is 22.7. The Morgan fingerprint density at radius 3 is 1.87 bits per heavy atom. The van der Waals surface area contributed by atoms with Gasteiger partial charge in [0.25, 0.3) is 0 Å². The molecule has 0 bridgehead atoms. The van der Waals surface area contributed by atoms with E-state index in [0.717, 1.165) is 59.7 Å². The van der Waals surface area contributed by atoms with Crippen LogP contribution in [-0.4, -0.2) is 52.6 Å². The molecule has 0 unspecified atom stereocenters. The van der Waals surface area contributed by atoms with Gasteiger partial charge >= 0.3 is 0 Å². The number of nitrogens with one attached hydrogen (secondary N) is 1. The van der Waals surface area contributed by atoms with Gasteiger partial charge in [-0.1, -0.05) is 0 Å². The monoisotopic (exact) mass is 433 g/mol. The Morgan fingerprint density at radius 2 is 1.33 bits per heavy atom. The van der Waals surface area contributed by atoms with Gasteiger partial charge in [0.05, 0.1) is 4.90 Å². The first-order valence-corrected chi connectivity index (χ1v) is 11.9. The molecule has 0 aliphatic carbocycles. The Balaban J connectivity index is 1.58. The summed E-state index contributed by atoms with van der Waals surface area (Å²) in [4.78, 5) is 4.91. The molecule has 1 fully saturated rings. The number of piperazine rings is 1. The molecule has 2 aromatic rings. The van der Waals surface area contributed by atoms with Crippen LogP contribution in [0, 0.1) is 40.4 Å². The van der Waals surface area contributed by atoms with Crippen LogP contribution >= 0.6 is 0 Å². The highest BCUT2D eigenvalue weighted by molar-refractivity contribution is 7.89. The lowest BCUT2D eigenvalue weighted by Gasteiger charge is -2.36. The van der Waals surface area contributed by atoms with Crippen LogP contribution in [-0.2, 0) is 10.0 Å². The number of anilines is 1. The van der Waals surface area contributed by atoms with E-state index in [1.807, 2.05) is 34.6 Å². The van der Waals surface area contributed by atoms with Gasteiger partial charge in [0.1, 0.15) is 5.82 Å². The van der Waals surface area contributed by atoms with E-state index < -0.39 is 10.0 Å². The number of benzene rings is 2. The van der Waals surface area contributed by atoms with E-state index in [-0.39, 0.29) is 5.82 Å². The van der Waals surface area contributed by atoms with E-state index in [2.05, 4.69) is 14.5 Å². The summed E-state index contributed by atoms with van der Waals surface area (Å²) in [7, 11) is -3.56. The molecular weight excluding hydrogens is 401 g/mol. The van der Waals surface area contributed by atoms with Crippen LogP contribution in [0.25, 0.3) is 0 Å². The van der Waals surface area contributed by atoms with E-state index in [1.54, 1.807) is 12.1 Å². The molecule has 0 radical (unpaired) electrons. The third kappa shape index (κ3) is 4.68. The first-order chi connectivity index (χ1) is 14.1. The van der Waals surface area contributed by atoms with Crippen molar-refractivity contribution in [3.63, 3.8) is 0 Å². The average molecular weight is 434 g/mol. The fourth-order valence-electron chi connectivity index (χ4n) is 4.16. The van der Waals surface area contributed by atoms with Gasteiger partial charge in [-0.2, -0.15) is 0 Å². The number of rotatable bonds is 6. The molecule has 7 heteroatoms. The summed E-state index contributed by atoms with van der Waals surface area (Å²) in [6.45, 7) is 14.2. The third-order valence-electron chi connectivity index (χ3n) is 6.48. The number of hydrogen-bond acceptors (Lipinski definition) is 4. The SMILES string of the molecule is Cc1c(C)c(C)c(S(=O)(=O)NCCN2CCN(c3ccc(F)cc3)CC2)c(C)c1C. The Kier molecular flexibility index (Phi) is 6.84. The Labute approximate surface area is 179 Å². The first-order valence-electron chi connectivity index (χ1n) is 10.4. The van der Waals surface area contributed by atoms with Crippen molar-refractivity contribution in [2.45, 2.75) is 39.5 Å². The standard InChI is InChI=1S/C23H32FN3O2S/c1-16-17(2)19(4)23(20(5)18(16)3)30(28,29)25-10-11-26-12-14-27(15-13-26)22-8-6-21(24)7-9-22/h6-9,25H,10-15H2,1-5H3. The third-order valence-corrected chi connectivity index (χ3v) is 8.22. The Bertz CT molecular complexity index is 983. The summed E-state index contributed by atoms with van der Waals surface area (Å²) >= 11 is 0. The van der Waals surface area contributed by atoms with Crippen molar-refractivity contribution in [3.05, 3.63) is 57.9 Å². The molecule has 164 valence electrons. The van der Waals surface area contributed by atoms with E-state index in [1.165, 1.54) is 12.1 Å². The van der Waals surface area contributed by atoms with Crippen LogP contribution in [0.3, 0.4) is 0 Å². The summed E-state index contributed by atoms with van der Waals surface area (Å²) in [6.07, 6.45) is 0. The summed E-state index contributed by atoms with van der Waals surface area (Å²) in [5.74, 6) is -0.228. The van der Waals surface area contributed by atoms with Crippen molar-refractivity contribution in [1.82, 2.24) is 9.62 Å². The van der Waals surface area contributed by atoms with Crippen LogP contribution in [0.15, 0.2) is 29.2 Å². The van der Waals surface area contributed by atoms with Gasteiger partial charge in [-0.25, -0.2) is 17.5 Å². The lowest BCUT2D eigenvalue weighted by atomic mass is 9.95. The van der Waals surface area contributed by atoms with Crippen molar-refractivity contribution >= 4 is 15.7 Å². The molecule has 0 saturated carbocycles. The lowest BCUT2D eigenvalue weighted by molar-refractivity contribution is 0.262. The second-order valence-electron chi connectivity index (χ2n) is 8.16. The summed E-state index contributed by atoms with van der Waals surface area (Å²) in [5.41, 5.74) is 5.91. The molecule has 1 heterocycles. The predicted octanol–water partition coefficient (Wildman–Crippen LogP) is 3.47. The lowest BCUT2D eigenvalue weighted by Crippen LogP contribution is -2.48. The van der Waals surface area contributed by atoms with Gasteiger partial charge in [-0.15, -0.1) is 0 Å². The molecular formula is C23H32FN3O2S. The zero-order chi connectivity index (χ0) is 22.1. The van der Waals surface area contributed by atoms with Crippen molar-refractivity contribution < 1.29 is 12.8 Å². The second-order valence-corrected chi connectivity index (χ2v) is 9.86. The molecule has 1 aliphatic rings. The zero-order valence-corrected chi connectivity index (χ0v) is 19.4. The quantitative estimate of drug-likeness (QED) is 0.758. The normalized spacial score (nSPS) is 15.6. The molecule has 30 heavy (non-hydrogen) atoms. The van der Waals surface area contributed by atoms with E-state index in [9.17, 15) is 12.8 Å². The van der Waals surface area contributed by atoms with Crippen LogP contribution in [0.4, 0.5) is 10.1 Å². The van der Waals surface area contributed by atoms with Crippen LogP contribution in [0.2, 0.25) is 0 Å². The molecule has 1 N–H and O–H groups in total. The molecule has 1 aliphatic heterocycles. The molecule has 5 nitrogen and oxygen atoms in total. The molecule has 0 spiro atoms. The van der Waals surface area contributed by atoms with E-state index >= 15 is 0 Å². The van der Waals surface area contributed by atoms with Gasteiger partial charge in [0, 0.05) is 45.0 Å². The fourth-order valence-corrected chi connectivity index (χ4v) is 5.78. The molecule has 3 rings (SSSR count). The average Bonchev–Trinajstić information content (AvgIpc) is 2.72. The zero-order valence-electron chi connectivity index (χ0n) is 18.5. The number of nitrogens with zero attached hydrogens (tertiary/aromatic N) is 2. The minimum Gasteiger partial charge on any atom is -0.369 e. The topological polar surface area (TPSA) is 52.7 Å². The van der Waals surface area contributed by atoms with Crippen molar-refractivity contribution in [1.29, 1.82) is 0 Å². The van der Waals surface area contributed by atoms with E-state index in [4.69, 9.17) is 0 Å². The summed E-state index contributed by atoms with van der Waals surface area (Å²) < 4.78 is 42.0. The van der Waals surface area contributed by atoms with Gasteiger partial charge in [0.2, 0.25) is 10.0 Å². The van der Waals surface area contributed by atoms with E-state index in [0.29, 0.717) is 18.0 Å². The molecule has 0 amide bonds. The predicted molar refractivity (Wildman–Crippen MR) is 120 cm³/mol. The Morgan fingerprint density at radius 1 is 0.833 bits per heavy atom. The van der Waals surface area contributed by atoms with Crippen LogP contribution < -0.4 is 9.62 Å². The Hall–Kier alpha value is -1.96. The van der Waals surface area contributed by atoms with Crippen molar-refractivity contribution in [2.75, 3.05) is 44.2 Å². The molecule has 2 aromatic carbocycles. The maximum absolute atomic E-state index is 13.1. The summed E-state index contributed by atoms with van der Waals surface area (Å²) in [6, 6.07) is 6.56. The number of sulfonamides is 1. The minimum atomic E-state index is -3.56. The van der Waals surface area contributed by atoms with Crippen molar-refractivity contribution in [3.8, 4) is 0 Å². The second kappa shape index (κ2) is 9.04. The smallest absolute Gasteiger partial charge is 0.241 e. The highest BCUT2D eigenvalue weighted by atomic mass is 32.2. The van der Waals surface area contributed by atoms with Gasteiger partial charge in [0.15, 0.2) is 0 Å². The molecule has 0 aromatic heterocycles. The summed E-state index contributed by atoms with van der Waals surface area (Å²) in [5, 5.41) is 0.